The number of hydrogen-bond donors (Lipinski definition) is 0. The van der Waals surface area contributed by atoms with Crippen molar-refractivity contribution in [3.8, 4) is 0 Å². The molecule has 1 aliphatic carbocycles. The summed E-state index contributed by atoms with van der Waals surface area (Å²) in [4.78, 5) is 0. The fraction of sp³-hybridized carbons (Fsp3) is 0.353. The molecule has 0 saturated heterocycles. The number of halogens is 1. The molecule has 1 aliphatic rings. The SMILES string of the molecule is Cc1nnc(SCc2ccc(Br)cc2)n1/N=C\[C@H]1CC=CCC1. The van der Waals surface area contributed by atoms with E-state index in [-0.39, 0.29) is 0 Å². The number of allylic oxidation sites excluding steroid dienone is 2. The Morgan fingerprint density at radius 1 is 1.30 bits per heavy atom. The van der Waals surface area contributed by atoms with Crippen molar-refractivity contribution in [2.75, 3.05) is 0 Å². The summed E-state index contributed by atoms with van der Waals surface area (Å²) in [5, 5.41) is 13.9. The zero-order chi connectivity index (χ0) is 16.1. The maximum Gasteiger partial charge on any atom is 0.212 e. The Morgan fingerprint density at radius 3 is 2.87 bits per heavy atom. The van der Waals surface area contributed by atoms with E-state index in [4.69, 9.17) is 0 Å². The second-order valence-corrected chi connectivity index (χ2v) is 7.42. The molecule has 2 aromatic rings. The normalized spacial score (nSPS) is 17.9. The first-order valence-corrected chi connectivity index (χ1v) is 9.49. The first-order valence-electron chi connectivity index (χ1n) is 7.71. The monoisotopic (exact) mass is 390 g/mol. The Labute approximate surface area is 149 Å². The topological polar surface area (TPSA) is 43.1 Å². The molecule has 0 spiro atoms. The van der Waals surface area contributed by atoms with Gasteiger partial charge in [-0.25, -0.2) is 0 Å². The van der Waals surface area contributed by atoms with Crippen LogP contribution in [0.25, 0.3) is 0 Å². The molecule has 0 N–H and O–H groups in total. The Balaban J connectivity index is 1.67. The Kier molecular flexibility index (Phi) is 5.67. The van der Waals surface area contributed by atoms with Gasteiger partial charge in [0, 0.05) is 16.4 Å². The maximum atomic E-state index is 4.62. The van der Waals surface area contributed by atoms with E-state index >= 15 is 0 Å². The van der Waals surface area contributed by atoms with E-state index in [0.717, 1.165) is 34.0 Å². The number of nitrogens with zero attached hydrogens (tertiary/aromatic N) is 4. The fourth-order valence-electron chi connectivity index (χ4n) is 2.40. The molecule has 23 heavy (non-hydrogen) atoms. The average Bonchev–Trinajstić information content (AvgIpc) is 2.93. The van der Waals surface area contributed by atoms with Crippen molar-refractivity contribution in [3.63, 3.8) is 0 Å². The van der Waals surface area contributed by atoms with Crippen molar-refractivity contribution < 1.29 is 0 Å². The molecule has 3 rings (SSSR count). The van der Waals surface area contributed by atoms with Crippen LogP contribution in [0, 0.1) is 12.8 Å². The first-order chi connectivity index (χ1) is 11.2. The van der Waals surface area contributed by atoms with Crippen LogP contribution in [0.4, 0.5) is 0 Å². The standard InChI is InChI=1S/C17H19BrN4S/c1-13-20-21-17(23-12-15-7-9-16(18)10-8-15)22(13)19-11-14-5-3-2-4-6-14/h2-3,7-11,14H,4-6,12H2,1H3/b19-11-/t14-/m0/s1. The molecule has 0 amide bonds. The molecular formula is C17H19BrN4S. The third kappa shape index (κ3) is 4.54. The molecule has 0 bridgehead atoms. The van der Waals surface area contributed by atoms with E-state index in [9.17, 15) is 0 Å². The molecule has 1 heterocycles. The summed E-state index contributed by atoms with van der Waals surface area (Å²) >= 11 is 5.12. The highest BCUT2D eigenvalue weighted by molar-refractivity contribution is 9.10. The second-order valence-electron chi connectivity index (χ2n) is 5.57. The van der Waals surface area contributed by atoms with Gasteiger partial charge in [-0.1, -0.05) is 52.0 Å². The van der Waals surface area contributed by atoms with Crippen LogP contribution in [-0.2, 0) is 5.75 Å². The van der Waals surface area contributed by atoms with Crippen molar-refractivity contribution in [2.45, 2.75) is 37.1 Å². The van der Waals surface area contributed by atoms with E-state index in [1.54, 1.807) is 11.8 Å². The largest absolute Gasteiger partial charge is 0.212 e. The molecule has 4 nitrogen and oxygen atoms in total. The van der Waals surface area contributed by atoms with Crippen LogP contribution in [0.3, 0.4) is 0 Å². The van der Waals surface area contributed by atoms with Crippen molar-refractivity contribution in [1.29, 1.82) is 0 Å². The number of benzene rings is 1. The maximum absolute atomic E-state index is 4.62. The van der Waals surface area contributed by atoms with E-state index in [2.05, 4.69) is 67.6 Å². The number of thioether (sulfide) groups is 1. The predicted molar refractivity (Wildman–Crippen MR) is 98.8 cm³/mol. The molecule has 1 atom stereocenters. The van der Waals surface area contributed by atoms with Crippen LogP contribution in [0.5, 0.6) is 0 Å². The average molecular weight is 391 g/mol. The highest BCUT2D eigenvalue weighted by Crippen LogP contribution is 2.23. The first kappa shape index (κ1) is 16.5. The lowest BCUT2D eigenvalue weighted by molar-refractivity contribution is 0.617. The van der Waals surface area contributed by atoms with Crippen molar-refractivity contribution >= 4 is 33.9 Å². The van der Waals surface area contributed by atoms with Gasteiger partial charge in [0.1, 0.15) is 0 Å². The summed E-state index contributed by atoms with van der Waals surface area (Å²) in [5.74, 6) is 2.20. The zero-order valence-electron chi connectivity index (χ0n) is 13.0. The zero-order valence-corrected chi connectivity index (χ0v) is 15.4. The number of hydrogen-bond acceptors (Lipinski definition) is 4. The van der Waals surface area contributed by atoms with Gasteiger partial charge in [-0.3, -0.25) is 0 Å². The molecule has 0 saturated carbocycles. The van der Waals surface area contributed by atoms with Gasteiger partial charge in [-0.05, 0) is 49.8 Å². The third-order valence-corrected chi connectivity index (χ3v) is 5.27. The molecule has 0 unspecified atom stereocenters. The van der Waals surface area contributed by atoms with E-state index < -0.39 is 0 Å². The highest BCUT2D eigenvalue weighted by atomic mass is 79.9. The van der Waals surface area contributed by atoms with Gasteiger partial charge >= 0.3 is 0 Å². The molecule has 6 heteroatoms. The lowest BCUT2D eigenvalue weighted by Gasteiger charge is -2.12. The predicted octanol–water partition coefficient (Wildman–Crippen LogP) is 4.83. The minimum Gasteiger partial charge on any atom is -0.192 e. The van der Waals surface area contributed by atoms with Gasteiger partial charge in [0.2, 0.25) is 5.16 Å². The van der Waals surface area contributed by atoms with Gasteiger partial charge in [0.15, 0.2) is 5.82 Å². The minimum atomic E-state index is 0.520. The summed E-state index contributed by atoms with van der Waals surface area (Å²) < 4.78 is 2.94. The van der Waals surface area contributed by atoms with Gasteiger partial charge in [-0.2, -0.15) is 9.78 Å². The molecule has 1 aromatic carbocycles. The number of aromatic nitrogens is 3. The Morgan fingerprint density at radius 2 is 2.13 bits per heavy atom. The Hall–Kier alpha value is -1.40. The van der Waals surface area contributed by atoms with Crippen LogP contribution in [0.2, 0.25) is 0 Å². The van der Waals surface area contributed by atoms with Crippen molar-refractivity contribution in [3.05, 3.63) is 52.3 Å². The van der Waals surface area contributed by atoms with Crippen molar-refractivity contribution in [2.24, 2.45) is 11.0 Å². The van der Waals surface area contributed by atoms with E-state index in [0.29, 0.717) is 5.92 Å². The summed E-state index contributed by atoms with van der Waals surface area (Å²) in [7, 11) is 0. The minimum absolute atomic E-state index is 0.520. The Bertz CT molecular complexity index is 706. The molecule has 0 fully saturated rings. The highest BCUT2D eigenvalue weighted by Gasteiger charge is 2.11. The van der Waals surface area contributed by atoms with Gasteiger partial charge in [0.25, 0.3) is 0 Å². The summed E-state index contributed by atoms with van der Waals surface area (Å²) in [5.41, 5.74) is 1.26. The van der Waals surface area contributed by atoms with E-state index in [1.165, 1.54) is 12.0 Å². The fourth-order valence-corrected chi connectivity index (χ4v) is 3.56. The van der Waals surface area contributed by atoms with Crippen LogP contribution in [0.15, 0.2) is 51.1 Å². The van der Waals surface area contributed by atoms with Crippen LogP contribution in [0.1, 0.15) is 30.7 Å². The molecule has 0 radical (unpaired) electrons. The van der Waals surface area contributed by atoms with Gasteiger partial charge < -0.3 is 0 Å². The summed E-state index contributed by atoms with van der Waals surface area (Å²) in [6.07, 6.45) is 9.91. The summed E-state index contributed by atoms with van der Waals surface area (Å²) in [6.45, 7) is 1.94. The lowest BCUT2D eigenvalue weighted by Crippen LogP contribution is -2.06. The molecule has 0 aliphatic heterocycles. The summed E-state index contributed by atoms with van der Waals surface area (Å²) in [6, 6.07) is 8.34. The van der Waals surface area contributed by atoms with Crippen LogP contribution in [-0.4, -0.2) is 21.1 Å². The lowest BCUT2D eigenvalue weighted by atomic mass is 9.96. The van der Waals surface area contributed by atoms with Gasteiger partial charge in [0.05, 0.1) is 0 Å². The van der Waals surface area contributed by atoms with Crippen LogP contribution >= 0.6 is 27.7 Å². The number of rotatable bonds is 5. The molecule has 1 aromatic heterocycles. The smallest absolute Gasteiger partial charge is 0.192 e. The van der Waals surface area contributed by atoms with Crippen LogP contribution < -0.4 is 0 Å². The van der Waals surface area contributed by atoms with E-state index in [1.807, 2.05) is 17.8 Å². The quantitative estimate of drug-likeness (QED) is 0.417. The van der Waals surface area contributed by atoms with Crippen molar-refractivity contribution in [1.82, 2.24) is 14.9 Å². The molecular weight excluding hydrogens is 372 g/mol. The van der Waals surface area contributed by atoms with Gasteiger partial charge in [-0.15, -0.1) is 10.2 Å². The third-order valence-electron chi connectivity index (χ3n) is 3.75. The number of aryl methyl sites for hydroxylation is 1. The molecule has 120 valence electrons. The second kappa shape index (κ2) is 7.93.